The Balaban J connectivity index is 1.79. The highest BCUT2D eigenvalue weighted by Gasteiger charge is 2.50. The number of rotatable bonds is 14. The molecule has 0 aromatic heterocycles. The highest BCUT2D eigenvalue weighted by molar-refractivity contribution is 5.98. The van der Waals surface area contributed by atoms with Crippen molar-refractivity contribution in [2.75, 3.05) is 34.4 Å². The summed E-state index contributed by atoms with van der Waals surface area (Å²) in [6, 6.07) is 13.8. The fourth-order valence-electron chi connectivity index (χ4n) is 4.09. The number of nitrogens with one attached hydrogen (secondary N) is 3. The molecule has 39 heavy (non-hydrogen) atoms. The first kappa shape index (κ1) is 29.8. The van der Waals surface area contributed by atoms with Gasteiger partial charge in [-0.15, -0.1) is 0 Å². The molecule has 1 aliphatic heterocycles. The molecule has 0 saturated carbocycles. The average Bonchev–Trinajstić information content (AvgIpc) is 3.66. The summed E-state index contributed by atoms with van der Waals surface area (Å²) in [4.78, 5) is 53.7. The van der Waals surface area contributed by atoms with Crippen LogP contribution in [0.1, 0.15) is 25.0 Å². The molecule has 1 heterocycles. The minimum atomic E-state index is -1.00. The fourth-order valence-corrected chi connectivity index (χ4v) is 4.09. The predicted octanol–water partition coefficient (Wildman–Crippen LogP) is 0.874. The molecule has 210 valence electrons. The molecule has 3 N–H and O–H groups in total. The van der Waals surface area contributed by atoms with Crippen molar-refractivity contribution >= 4 is 23.5 Å². The van der Waals surface area contributed by atoms with Crippen molar-refractivity contribution in [3.05, 3.63) is 65.7 Å². The first-order valence-electron chi connectivity index (χ1n) is 12.9. The third-order valence-electron chi connectivity index (χ3n) is 6.48. The summed E-state index contributed by atoms with van der Waals surface area (Å²) in [5.41, 5.74) is 0.726. The molecule has 0 spiro atoms. The number of likely N-dealkylation sites (N-methyl/N-ethyl adjacent to an activating group) is 1. The summed E-state index contributed by atoms with van der Waals surface area (Å²) in [5.74, 6) is -0.903. The molecule has 10 nitrogen and oxygen atoms in total. The second-order valence-electron chi connectivity index (χ2n) is 10.3. The Morgan fingerprint density at radius 3 is 2.03 bits per heavy atom. The number of carbonyl (C=O) groups excluding carboxylic acids is 4. The Hall–Kier alpha value is -3.76. The number of hydrogen-bond donors (Lipinski definition) is 3. The summed E-state index contributed by atoms with van der Waals surface area (Å²) >= 11 is 0. The van der Waals surface area contributed by atoms with E-state index in [4.69, 9.17) is 9.47 Å². The number of nitrogens with zero attached hydrogens (tertiary/aromatic N) is 1. The quantitative estimate of drug-likeness (QED) is 0.305. The minimum absolute atomic E-state index is 0.123. The lowest BCUT2D eigenvalue weighted by Gasteiger charge is -2.25. The van der Waals surface area contributed by atoms with Crippen LogP contribution >= 0.6 is 0 Å². The van der Waals surface area contributed by atoms with Gasteiger partial charge in [0.05, 0.1) is 26.3 Å². The Bertz CT molecular complexity index is 1150. The number of carbonyl (C=O) groups is 4. The van der Waals surface area contributed by atoms with E-state index in [9.17, 15) is 19.2 Å². The predicted molar refractivity (Wildman–Crippen MR) is 146 cm³/mol. The summed E-state index contributed by atoms with van der Waals surface area (Å²) < 4.78 is 10.6. The third kappa shape index (κ3) is 8.90. The lowest BCUT2D eigenvalue weighted by atomic mass is 9.94. The second-order valence-corrected chi connectivity index (χ2v) is 10.3. The van der Waals surface area contributed by atoms with E-state index >= 15 is 0 Å². The van der Waals surface area contributed by atoms with Gasteiger partial charge in [0.15, 0.2) is 5.78 Å². The summed E-state index contributed by atoms with van der Waals surface area (Å²) in [6.07, 6.45) is 0.449. The van der Waals surface area contributed by atoms with Gasteiger partial charge in [0.2, 0.25) is 17.7 Å². The lowest BCUT2D eigenvalue weighted by Crippen LogP contribution is -2.57. The highest BCUT2D eigenvalue weighted by atomic mass is 16.6. The smallest absolute Gasteiger partial charge is 0.243 e. The number of epoxide rings is 1. The number of ether oxygens (including phenoxy) is 2. The van der Waals surface area contributed by atoms with Crippen LogP contribution < -0.4 is 20.7 Å². The molecular formula is C29H38N4O6. The molecule has 3 rings (SSSR count). The summed E-state index contributed by atoms with van der Waals surface area (Å²) in [5, 5.41) is 8.27. The van der Waals surface area contributed by atoms with Crippen LogP contribution in [0, 0.1) is 0 Å². The SMILES string of the molecule is COc1ccc(CC(NC(=O)C(C)NC(=O)CN(C)C)C(=O)NC(Cc2ccccc2)C(=O)C2(C)CO2)cc1. The van der Waals surface area contributed by atoms with Crippen molar-refractivity contribution in [3.63, 3.8) is 0 Å². The van der Waals surface area contributed by atoms with Crippen molar-refractivity contribution in [1.82, 2.24) is 20.9 Å². The number of benzene rings is 2. The van der Waals surface area contributed by atoms with Gasteiger partial charge in [0, 0.05) is 6.42 Å². The van der Waals surface area contributed by atoms with Gasteiger partial charge in [-0.05, 0) is 57.6 Å². The molecule has 10 heteroatoms. The van der Waals surface area contributed by atoms with Gasteiger partial charge < -0.3 is 30.3 Å². The van der Waals surface area contributed by atoms with E-state index in [1.165, 1.54) is 0 Å². The van der Waals surface area contributed by atoms with Gasteiger partial charge >= 0.3 is 0 Å². The van der Waals surface area contributed by atoms with E-state index < -0.39 is 35.5 Å². The molecule has 4 atom stereocenters. The van der Waals surface area contributed by atoms with Gasteiger partial charge in [-0.2, -0.15) is 0 Å². The Kier molecular flexibility index (Phi) is 10.2. The maximum Gasteiger partial charge on any atom is 0.243 e. The second kappa shape index (κ2) is 13.3. The van der Waals surface area contributed by atoms with E-state index in [1.807, 2.05) is 30.3 Å². The van der Waals surface area contributed by atoms with Crippen LogP contribution in [0.25, 0.3) is 0 Å². The standard InChI is InChI=1S/C29H38N4O6/c1-19(30-25(34)17-33(3)4)27(36)32-24(16-21-11-13-22(38-5)14-12-21)28(37)31-23(26(35)29(2)18-39-29)15-20-9-7-6-8-10-20/h6-14,19,23-24H,15-18H2,1-5H3,(H,30,34)(H,31,37)(H,32,36). The monoisotopic (exact) mass is 538 g/mol. The van der Waals surface area contributed by atoms with Gasteiger partial charge in [0.1, 0.15) is 23.4 Å². The fraction of sp³-hybridized carbons (Fsp3) is 0.448. The van der Waals surface area contributed by atoms with E-state index in [2.05, 4.69) is 16.0 Å². The topological polar surface area (TPSA) is 129 Å². The maximum absolute atomic E-state index is 13.6. The Labute approximate surface area is 229 Å². The molecule has 4 unspecified atom stereocenters. The van der Waals surface area contributed by atoms with Crippen LogP contribution in [-0.2, 0) is 36.8 Å². The lowest BCUT2D eigenvalue weighted by molar-refractivity contribution is -0.134. The van der Waals surface area contributed by atoms with E-state index in [0.717, 1.165) is 11.1 Å². The Morgan fingerprint density at radius 1 is 0.897 bits per heavy atom. The highest BCUT2D eigenvalue weighted by Crippen LogP contribution is 2.29. The number of amides is 3. The molecule has 1 fully saturated rings. The molecule has 2 aromatic carbocycles. The van der Waals surface area contributed by atoms with Crippen LogP contribution in [-0.4, -0.2) is 86.5 Å². The third-order valence-corrected chi connectivity index (χ3v) is 6.48. The summed E-state index contributed by atoms with van der Waals surface area (Å²) in [7, 11) is 5.06. The first-order valence-corrected chi connectivity index (χ1v) is 12.9. The zero-order valence-electron chi connectivity index (χ0n) is 23.2. The number of Topliss-reactive ketones (excluding diaryl/α,β-unsaturated/α-hetero) is 1. The number of methoxy groups -OCH3 is 1. The van der Waals surface area contributed by atoms with Crippen LogP contribution in [0.4, 0.5) is 0 Å². The normalized spacial score (nSPS) is 18.4. The maximum atomic E-state index is 13.6. The van der Waals surface area contributed by atoms with E-state index in [-0.39, 0.29) is 31.1 Å². The zero-order chi connectivity index (χ0) is 28.6. The molecule has 2 aromatic rings. The van der Waals surface area contributed by atoms with Crippen molar-refractivity contribution < 1.29 is 28.7 Å². The van der Waals surface area contributed by atoms with Gasteiger partial charge in [0.25, 0.3) is 0 Å². The molecule has 3 amide bonds. The van der Waals surface area contributed by atoms with Crippen LogP contribution in [0.5, 0.6) is 5.75 Å². The van der Waals surface area contributed by atoms with Crippen molar-refractivity contribution in [2.24, 2.45) is 0 Å². The first-order chi connectivity index (χ1) is 18.5. The average molecular weight is 539 g/mol. The largest absolute Gasteiger partial charge is 0.497 e. The molecule has 0 aliphatic carbocycles. The Morgan fingerprint density at radius 2 is 1.46 bits per heavy atom. The molecule has 0 radical (unpaired) electrons. The molecule has 0 bridgehead atoms. The zero-order valence-corrected chi connectivity index (χ0v) is 23.2. The van der Waals surface area contributed by atoms with Crippen molar-refractivity contribution in [2.45, 2.75) is 50.4 Å². The summed E-state index contributed by atoms with van der Waals surface area (Å²) in [6.45, 7) is 3.67. The van der Waals surface area contributed by atoms with Crippen LogP contribution in [0.2, 0.25) is 0 Å². The van der Waals surface area contributed by atoms with Gasteiger partial charge in [-0.25, -0.2) is 0 Å². The minimum Gasteiger partial charge on any atom is -0.497 e. The number of hydrogen-bond acceptors (Lipinski definition) is 7. The van der Waals surface area contributed by atoms with Crippen LogP contribution in [0.3, 0.4) is 0 Å². The van der Waals surface area contributed by atoms with Gasteiger partial charge in [-0.3, -0.25) is 19.2 Å². The number of ketones is 1. The van der Waals surface area contributed by atoms with Crippen molar-refractivity contribution in [3.8, 4) is 5.75 Å². The van der Waals surface area contributed by atoms with Gasteiger partial charge in [-0.1, -0.05) is 42.5 Å². The molecule has 1 aliphatic rings. The van der Waals surface area contributed by atoms with Crippen molar-refractivity contribution in [1.29, 1.82) is 0 Å². The molecular weight excluding hydrogens is 500 g/mol. The van der Waals surface area contributed by atoms with E-state index in [0.29, 0.717) is 12.4 Å². The van der Waals surface area contributed by atoms with E-state index in [1.54, 1.807) is 64.2 Å². The molecule has 1 saturated heterocycles. The van der Waals surface area contributed by atoms with Crippen LogP contribution in [0.15, 0.2) is 54.6 Å².